The van der Waals surface area contributed by atoms with Crippen LogP contribution in [0, 0.1) is 0 Å². The van der Waals surface area contributed by atoms with Crippen molar-refractivity contribution in [1.82, 2.24) is 0 Å². The molecule has 2 aromatic rings. The summed E-state index contributed by atoms with van der Waals surface area (Å²) in [5.74, 6) is 1.51. The van der Waals surface area contributed by atoms with Gasteiger partial charge in [0, 0.05) is 24.8 Å². The molecule has 3 heteroatoms. The summed E-state index contributed by atoms with van der Waals surface area (Å²) >= 11 is 0. The summed E-state index contributed by atoms with van der Waals surface area (Å²) in [6.07, 6.45) is 5.01. The van der Waals surface area contributed by atoms with E-state index in [9.17, 15) is 4.79 Å². The second kappa shape index (κ2) is 9.00. The van der Waals surface area contributed by atoms with Crippen molar-refractivity contribution in [2.24, 2.45) is 5.73 Å². The van der Waals surface area contributed by atoms with E-state index >= 15 is 0 Å². The fraction of sp³-hybridized carbons (Fsp3) is 0.435. The van der Waals surface area contributed by atoms with Crippen molar-refractivity contribution in [1.29, 1.82) is 0 Å². The lowest BCUT2D eigenvalue weighted by atomic mass is 9.76. The summed E-state index contributed by atoms with van der Waals surface area (Å²) in [6.45, 7) is 2.49. The Morgan fingerprint density at radius 1 is 1.19 bits per heavy atom. The number of aryl methyl sites for hydroxylation is 1. The molecule has 0 aromatic heterocycles. The summed E-state index contributed by atoms with van der Waals surface area (Å²) in [7, 11) is 0. The lowest BCUT2D eigenvalue weighted by Crippen LogP contribution is -2.34. The minimum absolute atomic E-state index is 0.181. The number of ether oxygens (including phenoxy) is 1. The van der Waals surface area contributed by atoms with E-state index in [1.54, 1.807) is 0 Å². The van der Waals surface area contributed by atoms with Crippen LogP contribution in [0.25, 0.3) is 0 Å². The Labute approximate surface area is 156 Å². The van der Waals surface area contributed by atoms with E-state index in [1.165, 1.54) is 16.7 Å². The highest BCUT2D eigenvalue weighted by atomic mass is 16.5. The smallest absolute Gasteiger partial charge is 0.132 e. The van der Waals surface area contributed by atoms with Crippen LogP contribution in [-0.4, -0.2) is 18.4 Å². The van der Waals surface area contributed by atoms with Crippen molar-refractivity contribution in [3.63, 3.8) is 0 Å². The molecule has 0 spiro atoms. The number of benzene rings is 2. The monoisotopic (exact) mass is 351 g/mol. The first-order valence-electron chi connectivity index (χ1n) is 9.74. The zero-order valence-corrected chi connectivity index (χ0v) is 15.6. The van der Waals surface area contributed by atoms with Crippen molar-refractivity contribution in [2.45, 2.75) is 57.4 Å². The predicted molar refractivity (Wildman–Crippen MR) is 106 cm³/mol. The molecule has 1 aliphatic carbocycles. The van der Waals surface area contributed by atoms with Crippen LogP contribution in [0.4, 0.5) is 0 Å². The van der Waals surface area contributed by atoms with Crippen molar-refractivity contribution < 1.29 is 9.53 Å². The van der Waals surface area contributed by atoms with Gasteiger partial charge in [0.15, 0.2) is 0 Å². The minimum Gasteiger partial charge on any atom is -0.494 e. The van der Waals surface area contributed by atoms with Crippen molar-refractivity contribution >= 4 is 5.78 Å². The van der Waals surface area contributed by atoms with E-state index in [4.69, 9.17) is 10.5 Å². The van der Waals surface area contributed by atoms with Crippen LogP contribution < -0.4 is 10.5 Å². The lowest BCUT2D eigenvalue weighted by Gasteiger charge is -2.32. The standard InChI is InChI=1S/C23H29NO2/c1-2-19(25)9-6-14-26-20-12-10-18-11-13-23(24)22(21(18)16-20)15-17-7-4-3-5-8-17/h3-5,7-8,10,12,16,22-23H,2,6,9,11,13-15,24H2,1H3. The molecule has 0 heterocycles. The molecule has 0 bridgehead atoms. The molecule has 0 saturated heterocycles. The van der Waals surface area contributed by atoms with Crippen LogP contribution in [0.1, 0.15) is 55.2 Å². The number of carbonyl (C=O) groups excluding carboxylic acids is 1. The van der Waals surface area contributed by atoms with Gasteiger partial charge in [-0.1, -0.05) is 43.3 Å². The summed E-state index contributed by atoms with van der Waals surface area (Å²) in [5.41, 5.74) is 10.5. The maximum atomic E-state index is 11.4. The van der Waals surface area contributed by atoms with Crippen LogP contribution >= 0.6 is 0 Å². The second-order valence-electron chi connectivity index (χ2n) is 7.20. The van der Waals surface area contributed by atoms with Gasteiger partial charge in [0.2, 0.25) is 0 Å². The fourth-order valence-corrected chi connectivity index (χ4v) is 3.76. The van der Waals surface area contributed by atoms with Crippen molar-refractivity contribution in [3.8, 4) is 5.75 Å². The Hall–Kier alpha value is -2.13. The molecule has 2 N–H and O–H groups in total. The Bertz CT molecular complexity index is 726. The third kappa shape index (κ3) is 4.73. The molecule has 138 valence electrons. The first-order valence-corrected chi connectivity index (χ1v) is 9.74. The largest absolute Gasteiger partial charge is 0.494 e. The third-order valence-corrected chi connectivity index (χ3v) is 5.34. The first-order chi connectivity index (χ1) is 12.7. The number of nitrogens with two attached hydrogens (primary N) is 1. The van der Waals surface area contributed by atoms with E-state index in [2.05, 4.69) is 42.5 Å². The molecule has 0 amide bonds. The highest BCUT2D eigenvalue weighted by Crippen LogP contribution is 2.35. The van der Waals surface area contributed by atoms with Gasteiger partial charge in [0.25, 0.3) is 0 Å². The number of hydrogen-bond acceptors (Lipinski definition) is 3. The van der Waals surface area contributed by atoms with E-state index in [0.717, 1.165) is 31.4 Å². The molecule has 3 rings (SSSR count). The van der Waals surface area contributed by atoms with E-state index in [0.29, 0.717) is 31.1 Å². The number of rotatable bonds is 8. The number of fused-ring (bicyclic) bond motifs is 1. The van der Waals surface area contributed by atoms with Crippen LogP contribution in [0.5, 0.6) is 5.75 Å². The van der Waals surface area contributed by atoms with Crippen LogP contribution in [0.15, 0.2) is 48.5 Å². The number of hydrogen-bond donors (Lipinski definition) is 1. The highest BCUT2D eigenvalue weighted by Gasteiger charge is 2.27. The third-order valence-electron chi connectivity index (χ3n) is 5.34. The van der Waals surface area contributed by atoms with Gasteiger partial charge in [-0.15, -0.1) is 0 Å². The number of carbonyl (C=O) groups is 1. The predicted octanol–water partition coefficient (Wildman–Crippen LogP) is 4.42. The molecule has 2 atom stereocenters. The molecule has 2 aromatic carbocycles. The maximum absolute atomic E-state index is 11.4. The van der Waals surface area contributed by atoms with E-state index < -0.39 is 0 Å². The number of Topliss-reactive ketones (excluding diaryl/α,β-unsaturated/α-hetero) is 1. The second-order valence-corrected chi connectivity index (χ2v) is 7.20. The molecule has 0 fully saturated rings. The number of ketones is 1. The minimum atomic E-state index is 0.181. The molecule has 3 nitrogen and oxygen atoms in total. The van der Waals surface area contributed by atoms with Crippen LogP contribution in [0.2, 0.25) is 0 Å². The Balaban J connectivity index is 1.70. The first kappa shape index (κ1) is 18.7. The van der Waals surface area contributed by atoms with Crippen LogP contribution in [-0.2, 0) is 17.6 Å². The molecule has 0 radical (unpaired) electrons. The molecule has 1 aliphatic rings. The van der Waals surface area contributed by atoms with Crippen molar-refractivity contribution in [3.05, 3.63) is 65.2 Å². The Morgan fingerprint density at radius 2 is 2.00 bits per heavy atom. The molecule has 2 unspecified atom stereocenters. The van der Waals surface area contributed by atoms with Gasteiger partial charge in [-0.05, 0) is 54.5 Å². The molecule has 26 heavy (non-hydrogen) atoms. The summed E-state index contributed by atoms with van der Waals surface area (Å²) in [4.78, 5) is 11.4. The van der Waals surface area contributed by atoms with Gasteiger partial charge in [-0.3, -0.25) is 4.79 Å². The van der Waals surface area contributed by atoms with Crippen molar-refractivity contribution in [2.75, 3.05) is 6.61 Å². The quantitative estimate of drug-likeness (QED) is 0.716. The van der Waals surface area contributed by atoms with Gasteiger partial charge >= 0.3 is 0 Å². The van der Waals surface area contributed by atoms with E-state index in [1.807, 2.05) is 13.0 Å². The summed E-state index contributed by atoms with van der Waals surface area (Å²) < 4.78 is 5.91. The highest BCUT2D eigenvalue weighted by molar-refractivity contribution is 5.77. The molecule has 0 aliphatic heterocycles. The lowest BCUT2D eigenvalue weighted by molar-refractivity contribution is -0.118. The fourth-order valence-electron chi connectivity index (χ4n) is 3.76. The SMILES string of the molecule is CCC(=O)CCCOc1ccc2c(c1)C(Cc1ccccc1)C(N)CC2. The van der Waals surface area contributed by atoms with Gasteiger partial charge < -0.3 is 10.5 Å². The van der Waals surface area contributed by atoms with Gasteiger partial charge in [-0.2, -0.15) is 0 Å². The van der Waals surface area contributed by atoms with Gasteiger partial charge in [-0.25, -0.2) is 0 Å². The van der Waals surface area contributed by atoms with E-state index in [-0.39, 0.29) is 6.04 Å². The normalized spacial score (nSPS) is 19.0. The Kier molecular flexibility index (Phi) is 6.45. The zero-order valence-electron chi connectivity index (χ0n) is 15.6. The molecule has 0 saturated carbocycles. The van der Waals surface area contributed by atoms with Gasteiger partial charge in [0.05, 0.1) is 6.61 Å². The molecular formula is C23H29NO2. The summed E-state index contributed by atoms with van der Waals surface area (Å²) in [6, 6.07) is 17.2. The Morgan fingerprint density at radius 3 is 2.77 bits per heavy atom. The zero-order chi connectivity index (χ0) is 18.4. The average Bonchev–Trinajstić information content (AvgIpc) is 2.68. The maximum Gasteiger partial charge on any atom is 0.132 e. The van der Waals surface area contributed by atoms with Gasteiger partial charge in [0.1, 0.15) is 11.5 Å². The topological polar surface area (TPSA) is 52.3 Å². The average molecular weight is 351 g/mol. The van der Waals surface area contributed by atoms with Crippen LogP contribution in [0.3, 0.4) is 0 Å². The molecular weight excluding hydrogens is 322 g/mol. The summed E-state index contributed by atoms with van der Waals surface area (Å²) in [5, 5.41) is 0.